The van der Waals surface area contributed by atoms with Crippen molar-refractivity contribution in [3.63, 3.8) is 0 Å². The van der Waals surface area contributed by atoms with Crippen LogP contribution in [0.1, 0.15) is 41.5 Å². The van der Waals surface area contributed by atoms with Crippen LogP contribution in [0.5, 0.6) is 0 Å². The molecule has 26 heavy (non-hydrogen) atoms. The third-order valence-electron chi connectivity index (χ3n) is 7.23. The summed E-state index contributed by atoms with van der Waals surface area (Å²) in [5, 5.41) is 19.5. The highest BCUT2D eigenvalue weighted by Gasteiger charge is 2.71. The first kappa shape index (κ1) is 19.1. The van der Waals surface area contributed by atoms with E-state index >= 15 is 0 Å². The molecule has 0 amide bonds. The second-order valence-electron chi connectivity index (χ2n) is 8.65. The zero-order valence-electron chi connectivity index (χ0n) is 16.5. The zero-order valence-corrected chi connectivity index (χ0v) is 16.5. The second-order valence-corrected chi connectivity index (χ2v) is 8.65. The summed E-state index contributed by atoms with van der Waals surface area (Å²) in [5.41, 5.74) is 2.27. The van der Waals surface area contributed by atoms with E-state index in [1.54, 1.807) is 6.08 Å². The summed E-state index contributed by atoms with van der Waals surface area (Å²) in [6, 6.07) is 0. The maximum absolute atomic E-state index is 11.2. The first-order valence-corrected chi connectivity index (χ1v) is 9.27. The molecule has 0 radical (unpaired) electrons. The molecule has 3 aliphatic rings. The Morgan fingerprint density at radius 1 is 1.27 bits per heavy atom. The fraction of sp³-hybridized carbons (Fsp3) is 0.591. The summed E-state index contributed by atoms with van der Waals surface area (Å²) in [6.45, 7) is 12.6. The molecule has 142 valence electrons. The van der Waals surface area contributed by atoms with Crippen molar-refractivity contribution in [1.29, 1.82) is 0 Å². The van der Waals surface area contributed by atoms with Gasteiger partial charge in [0.1, 0.15) is 0 Å². The third kappa shape index (κ3) is 2.18. The fourth-order valence-corrected chi connectivity index (χ4v) is 6.14. The van der Waals surface area contributed by atoms with Gasteiger partial charge in [0, 0.05) is 28.2 Å². The van der Waals surface area contributed by atoms with Gasteiger partial charge in [0.25, 0.3) is 0 Å². The molecule has 1 saturated heterocycles. The minimum atomic E-state index is -0.996. The normalized spacial score (nSPS) is 44.9. The standard InChI is InChI=1S/C22H30O4/c1-7-13(2)18-20(5)10-14(3)17-21(20,6)19(26-18)15(4)11-22(17,12-23)9-8-16(24)25/h7-11,17-19,23H,12H2,1-6H3,(H,24,25)/b9-8+,13-7+/t17-,18-,19?,20-,21+,22+/m0/s1. The molecule has 0 saturated carbocycles. The van der Waals surface area contributed by atoms with Gasteiger partial charge in [-0.3, -0.25) is 0 Å². The average molecular weight is 358 g/mol. The summed E-state index contributed by atoms with van der Waals surface area (Å²) in [4.78, 5) is 11.2. The van der Waals surface area contributed by atoms with Gasteiger partial charge < -0.3 is 14.9 Å². The molecule has 1 heterocycles. The molecule has 0 spiro atoms. The predicted octanol–water partition coefficient (Wildman–Crippen LogP) is 3.89. The fourth-order valence-electron chi connectivity index (χ4n) is 6.14. The largest absolute Gasteiger partial charge is 0.478 e. The topological polar surface area (TPSA) is 66.8 Å². The Labute approximate surface area is 155 Å². The minimum Gasteiger partial charge on any atom is -0.478 e. The van der Waals surface area contributed by atoms with Gasteiger partial charge in [-0.25, -0.2) is 4.79 Å². The number of hydrogen-bond donors (Lipinski definition) is 2. The van der Waals surface area contributed by atoms with Gasteiger partial charge in [0.15, 0.2) is 0 Å². The molecule has 0 aromatic rings. The lowest BCUT2D eigenvalue weighted by atomic mass is 9.49. The highest BCUT2D eigenvalue weighted by atomic mass is 16.5. The maximum atomic E-state index is 11.2. The molecule has 0 bridgehead atoms. The number of aliphatic hydroxyl groups is 1. The van der Waals surface area contributed by atoms with Crippen LogP contribution in [0, 0.1) is 22.2 Å². The summed E-state index contributed by atoms with van der Waals surface area (Å²) in [5.74, 6) is -1.01. The second kappa shape index (κ2) is 5.93. The van der Waals surface area contributed by atoms with E-state index in [4.69, 9.17) is 9.84 Å². The van der Waals surface area contributed by atoms with E-state index in [1.165, 1.54) is 11.1 Å². The Balaban J connectivity index is 2.24. The quantitative estimate of drug-likeness (QED) is 0.591. The van der Waals surface area contributed by atoms with Crippen LogP contribution in [0.3, 0.4) is 0 Å². The third-order valence-corrected chi connectivity index (χ3v) is 7.23. The SMILES string of the molecule is C/C=C(\C)[C@@H]1OC2C(C)=C[C@](/C=C/C(=O)O)(CO)[C@H]3C(C)=C[C@]1(C)[C@@]23C. The van der Waals surface area contributed by atoms with E-state index < -0.39 is 11.4 Å². The van der Waals surface area contributed by atoms with E-state index in [-0.39, 0.29) is 35.6 Å². The van der Waals surface area contributed by atoms with Crippen molar-refractivity contribution in [2.75, 3.05) is 6.61 Å². The molecule has 2 aliphatic carbocycles. The predicted molar refractivity (Wildman–Crippen MR) is 102 cm³/mol. The number of hydrogen-bond acceptors (Lipinski definition) is 3. The van der Waals surface area contributed by atoms with Gasteiger partial charge >= 0.3 is 5.97 Å². The van der Waals surface area contributed by atoms with Gasteiger partial charge in [-0.2, -0.15) is 0 Å². The van der Waals surface area contributed by atoms with E-state index in [1.807, 2.05) is 19.9 Å². The molecule has 2 N–H and O–H groups in total. The van der Waals surface area contributed by atoms with Crippen molar-refractivity contribution in [3.8, 4) is 0 Å². The van der Waals surface area contributed by atoms with Crippen LogP contribution in [0.25, 0.3) is 0 Å². The highest BCUT2D eigenvalue weighted by Crippen LogP contribution is 2.71. The first-order chi connectivity index (χ1) is 12.1. The lowest BCUT2D eigenvalue weighted by molar-refractivity contribution is -0.131. The molecule has 1 fully saturated rings. The molecular formula is C22H30O4. The van der Waals surface area contributed by atoms with Gasteiger partial charge in [-0.15, -0.1) is 0 Å². The number of aliphatic carboxylic acids is 1. The minimum absolute atomic E-state index is 0.0102. The van der Waals surface area contributed by atoms with Gasteiger partial charge in [0.2, 0.25) is 0 Å². The molecule has 3 rings (SSSR count). The van der Waals surface area contributed by atoms with Crippen LogP contribution in [0.4, 0.5) is 0 Å². The highest BCUT2D eigenvalue weighted by molar-refractivity contribution is 5.80. The summed E-state index contributed by atoms with van der Waals surface area (Å²) < 4.78 is 6.58. The average Bonchev–Trinajstić information content (AvgIpc) is 2.93. The Morgan fingerprint density at radius 3 is 2.46 bits per heavy atom. The number of carboxylic acids is 1. The van der Waals surface area contributed by atoms with Gasteiger partial charge in [-0.1, -0.05) is 43.7 Å². The first-order valence-electron chi connectivity index (χ1n) is 9.27. The number of carboxylic acid groups (broad SMARTS) is 1. The molecule has 1 unspecified atom stereocenters. The monoisotopic (exact) mass is 358 g/mol. The molecule has 4 nitrogen and oxygen atoms in total. The molecule has 0 aromatic carbocycles. The van der Waals surface area contributed by atoms with Crippen LogP contribution in [-0.4, -0.2) is 35.0 Å². The molecule has 6 atom stereocenters. The smallest absolute Gasteiger partial charge is 0.328 e. The lowest BCUT2D eigenvalue weighted by Gasteiger charge is -2.52. The molecule has 0 aromatic heterocycles. The van der Waals surface area contributed by atoms with Crippen LogP contribution >= 0.6 is 0 Å². The van der Waals surface area contributed by atoms with Crippen molar-refractivity contribution in [2.24, 2.45) is 22.2 Å². The van der Waals surface area contributed by atoms with Gasteiger partial charge in [-0.05, 0) is 38.8 Å². The van der Waals surface area contributed by atoms with Crippen molar-refractivity contribution in [2.45, 2.75) is 53.8 Å². The maximum Gasteiger partial charge on any atom is 0.328 e. The Morgan fingerprint density at radius 2 is 1.92 bits per heavy atom. The summed E-state index contributed by atoms with van der Waals surface area (Å²) >= 11 is 0. The van der Waals surface area contributed by atoms with E-state index in [9.17, 15) is 9.90 Å². The number of ether oxygens (including phenoxy) is 1. The van der Waals surface area contributed by atoms with Crippen LogP contribution < -0.4 is 0 Å². The zero-order chi connectivity index (χ0) is 19.5. The lowest BCUT2D eigenvalue weighted by Crippen LogP contribution is -2.53. The number of rotatable bonds is 4. The number of allylic oxidation sites excluding steroid dienone is 2. The number of aliphatic hydroxyl groups excluding tert-OH is 1. The molecule has 4 heteroatoms. The van der Waals surface area contributed by atoms with Crippen molar-refractivity contribution in [3.05, 3.63) is 47.1 Å². The Hall–Kier alpha value is -1.65. The molecule has 1 aliphatic heterocycles. The van der Waals surface area contributed by atoms with Crippen molar-refractivity contribution >= 4 is 5.97 Å². The van der Waals surface area contributed by atoms with Crippen LogP contribution in [-0.2, 0) is 9.53 Å². The Bertz CT molecular complexity index is 758. The summed E-state index contributed by atoms with van der Waals surface area (Å²) in [7, 11) is 0. The van der Waals surface area contributed by atoms with E-state index in [2.05, 4.69) is 39.8 Å². The Kier molecular flexibility index (Phi) is 4.36. The van der Waals surface area contributed by atoms with Crippen molar-refractivity contribution in [1.82, 2.24) is 0 Å². The van der Waals surface area contributed by atoms with Gasteiger partial charge in [0.05, 0.1) is 18.8 Å². The summed E-state index contributed by atoms with van der Waals surface area (Å²) in [6.07, 6.45) is 9.20. The number of carbonyl (C=O) groups is 1. The molecular weight excluding hydrogens is 328 g/mol. The van der Waals surface area contributed by atoms with E-state index in [0.29, 0.717) is 0 Å². The van der Waals surface area contributed by atoms with E-state index in [0.717, 1.165) is 11.6 Å². The van der Waals surface area contributed by atoms with Crippen LogP contribution in [0.2, 0.25) is 0 Å². The van der Waals surface area contributed by atoms with Crippen LogP contribution in [0.15, 0.2) is 47.1 Å². The van der Waals surface area contributed by atoms with Crippen molar-refractivity contribution < 1.29 is 19.7 Å².